The quantitative estimate of drug-likeness (QED) is 0.556. The summed E-state index contributed by atoms with van der Waals surface area (Å²) in [5.41, 5.74) is -0.00866. The van der Waals surface area contributed by atoms with Gasteiger partial charge < -0.3 is 14.9 Å². The molecule has 0 aliphatic heterocycles. The Labute approximate surface area is 65.1 Å². The van der Waals surface area contributed by atoms with Gasteiger partial charge in [0.1, 0.15) is 0 Å². The molecule has 0 aromatic rings. The van der Waals surface area contributed by atoms with Crippen LogP contribution in [-0.4, -0.2) is 35.5 Å². The zero-order valence-corrected chi connectivity index (χ0v) is 6.41. The lowest BCUT2D eigenvalue weighted by atomic mass is 10.3. The average molecular weight is 160 g/mol. The molecule has 0 aromatic carbocycles. The van der Waals surface area contributed by atoms with Crippen molar-refractivity contribution in [2.75, 3.05) is 13.2 Å². The SMILES string of the molecule is C=C(COCC(C)O)C(=O)O. The maximum atomic E-state index is 10.1. The number of aliphatic hydroxyl groups is 1. The van der Waals surface area contributed by atoms with Crippen molar-refractivity contribution in [1.82, 2.24) is 0 Å². The van der Waals surface area contributed by atoms with Crippen LogP contribution in [0.3, 0.4) is 0 Å². The minimum absolute atomic E-state index is 0.00866. The number of carboxylic acid groups (broad SMARTS) is 1. The molecule has 0 saturated carbocycles. The van der Waals surface area contributed by atoms with E-state index in [0.717, 1.165) is 0 Å². The first-order valence-corrected chi connectivity index (χ1v) is 3.21. The molecule has 0 fully saturated rings. The predicted octanol–water partition coefficient (Wildman–Crippen LogP) is 0.0246. The third-order valence-corrected chi connectivity index (χ3v) is 0.938. The molecule has 64 valence electrons. The van der Waals surface area contributed by atoms with E-state index in [0.29, 0.717) is 0 Å². The van der Waals surface area contributed by atoms with Crippen LogP contribution in [0, 0.1) is 0 Å². The molecule has 1 unspecified atom stereocenters. The first-order chi connectivity index (χ1) is 5.04. The molecular weight excluding hydrogens is 148 g/mol. The normalized spacial score (nSPS) is 12.5. The van der Waals surface area contributed by atoms with E-state index >= 15 is 0 Å². The molecule has 4 heteroatoms. The lowest BCUT2D eigenvalue weighted by Crippen LogP contribution is -2.14. The molecule has 11 heavy (non-hydrogen) atoms. The monoisotopic (exact) mass is 160 g/mol. The molecule has 0 rings (SSSR count). The second-order valence-electron chi connectivity index (χ2n) is 2.27. The van der Waals surface area contributed by atoms with Crippen molar-refractivity contribution in [2.24, 2.45) is 0 Å². The maximum absolute atomic E-state index is 10.1. The van der Waals surface area contributed by atoms with Crippen LogP contribution in [0.2, 0.25) is 0 Å². The van der Waals surface area contributed by atoms with Crippen LogP contribution in [0.5, 0.6) is 0 Å². The van der Waals surface area contributed by atoms with Gasteiger partial charge in [-0.15, -0.1) is 0 Å². The molecule has 4 nitrogen and oxygen atoms in total. The van der Waals surface area contributed by atoms with Crippen LogP contribution in [0.25, 0.3) is 0 Å². The number of carbonyl (C=O) groups is 1. The first kappa shape index (κ1) is 10.1. The largest absolute Gasteiger partial charge is 0.478 e. The van der Waals surface area contributed by atoms with E-state index in [1.54, 1.807) is 6.92 Å². The average Bonchev–Trinajstić information content (AvgIpc) is 1.86. The number of hydrogen-bond acceptors (Lipinski definition) is 3. The van der Waals surface area contributed by atoms with Gasteiger partial charge in [-0.05, 0) is 6.92 Å². The van der Waals surface area contributed by atoms with Crippen LogP contribution >= 0.6 is 0 Å². The van der Waals surface area contributed by atoms with Gasteiger partial charge in [0.15, 0.2) is 0 Å². The van der Waals surface area contributed by atoms with Gasteiger partial charge in [-0.1, -0.05) is 6.58 Å². The Balaban J connectivity index is 3.40. The minimum atomic E-state index is -1.07. The van der Waals surface area contributed by atoms with Gasteiger partial charge in [-0.25, -0.2) is 4.79 Å². The zero-order valence-electron chi connectivity index (χ0n) is 6.41. The molecule has 0 amide bonds. The van der Waals surface area contributed by atoms with E-state index in [9.17, 15) is 4.79 Å². The summed E-state index contributed by atoms with van der Waals surface area (Å²) in [6.07, 6.45) is -0.573. The van der Waals surface area contributed by atoms with Crippen molar-refractivity contribution in [3.63, 3.8) is 0 Å². The van der Waals surface area contributed by atoms with E-state index in [2.05, 4.69) is 6.58 Å². The van der Waals surface area contributed by atoms with Crippen molar-refractivity contribution in [2.45, 2.75) is 13.0 Å². The first-order valence-electron chi connectivity index (χ1n) is 3.21. The molecule has 1 atom stereocenters. The Morgan fingerprint density at radius 3 is 2.64 bits per heavy atom. The maximum Gasteiger partial charge on any atom is 0.333 e. The summed E-state index contributed by atoms with van der Waals surface area (Å²) < 4.78 is 4.79. The van der Waals surface area contributed by atoms with Crippen LogP contribution in [0.4, 0.5) is 0 Å². The molecule has 0 aliphatic rings. The van der Waals surface area contributed by atoms with Crippen LogP contribution < -0.4 is 0 Å². The van der Waals surface area contributed by atoms with E-state index in [4.69, 9.17) is 14.9 Å². The van der Waals surface area contributed by atoms with Crippen molar-refractivity contribution in [3.8, 4) is 0 Å². The molecule has 0 radical (unpaired) electrons. The summed E-state index contributed by atoms with van der Waals surface area (Å²) in [6, 6.07) is 0. The van der Waals surface area contributed by atoms with Crippen molar-refractivity contribution in [3.05, 3.63) is 12.2 Å². The number of aliphatic carboxylic acids is 1. The van der Waals surface area contributed by atoms with Gasteiger partial charge in [-0.3, -0.25) is 0 Å². The lowest BCUT2D eigenvalue weighted by molar-refractivity contribution is -0.133. The lowest BCUT2D eigenvalue weighted by Gasteiger charge is -2.04. The van der Waals surface area contributed by atoms with Gasteiger partial charge >= 0.3 is 5.97 Å². The molecule has 0 aromatic heterocycles. The zero-order chi connectivity index (χ0) is 8.85. The second kappa shape index (κ2) is 4.87. The highest BCUT2D eigenvalue weighted by Crippen LogP contribution is 1.92. The topological polar surface area (TPSA) is 66.8 Å². The predicted molar refractivity (Wildman–Crippen MR) is 39.3 cm³/mol. The Morgan fingerprint density at radius 2 is 2.27 bits per heavy atom. The summed E-state index contributed by atoms with van der Waals surface area (Å²) >= 11 is 0. The standard InChI is InChI=1S/C7H12O4/c1-5(7(9)10)3-11-4-6(2)8/h6,8H,1,3-4H2,2H3,(H,9,10). The van der Waals surface area contributed by atoms with Gasteiger partial charge in [-0.2, -0.15) is 0 Å². The van der Waals surface area contributed by atoms with Crippen molar-refractivity contribution >= 4 is 5.97 Å². The summed E-state index contributed by atoms with van der Waals surface area (Å²) in [7, 11) is 0. The fourth-order valence-electron chi connectivity index (χ4n) is 0.414. The molecular formula is C7H12O4. The summed E-state index contributed by atoms with van der Waals surface area (Å²) in [5, 5.41) is 17.0. The summed E-state index contributed by atoms with van der Waals surface area (Å²) in [4.78, 5) is 10.1. The van der Waals surface area contributed by atoms with Gasteiger partial charge in [0.05, 0.1) is 24.9 Å². The number of hydrogen-bond donors (Lipinski definition) is 2. The van der Waals surface area contributed by atoms with Gasteiger partial charge in [0.25, 0.3) is 0 Å². The molecule has 0 aliphatic carbocycles. The minimum Gasteiger partial charge on any atom is -0.478 e. The van der Waals surface area contributed by atoms with E-state index in [1.165, 1.54) is 0 Å². The molecule has 0 spiro atoms. The van der Waals surface area contributed by atoms with E-state index in [1.807, 2.05) is 0 Å². The fraction of sp³-hybridized carbons (Fsp3) is 0.571. The highest BCUT2D eigenvalue weighted by molar-refractivity contribution is 5.85. The number of aliphatic hydroxyl groups excluding tert-OH is 1. The number of carboxylic acids is 1. The summed E-state index contributed by atoms with van der Waals surface area (Å²) in [5.74, 6) is -1.07. The Kier molecular flexibility index (Phi) is 4.49. The number of ether oxygens (including phenoxy) is 1. The smallest absolute Gasteiger partial charge is 0.333 e. The van der Waals surface area contributed by atoms with E-state index < -0.39 is 12.1 Å². The fourth-order valence-corrected chi connectivity index (χ4v) is 0.414. The Hall–Kier alpha value is -0.870. The third kappa shape index (κ3) is 5.57. The van der Waals surface area contributed by atoms with Gasteiger partial charge in [0, 0.05) is 0 Å². The molecule has 2 N–H and O–H groups in total. The Morgan fingerprint density at radius 1 is 1.73 bits per heavy atom. The number of rotatable bonds is 5. The van der Waals surface area contributed by atoms with Crippen molar-refractivity contribution in [1.29, 1.82) is 0 Å². The van der Waals surface area contributed by atoms with Crippen molar-refractivity contribution < 1.29 is 19.7 Å². The Bertz CT molecular complexity index is 151. The highest BCUT2D eigenvalue weighted by atomic mass is 16.5. The van der Waals surface area contributed by atoms with Gasteiger partial charge in [0.2, 0.25) is 0 Å². The van der Waals surface area contributed by atoms with Crippen LogP contribution in [0.1, 0.15) is 6.92 Å². The second-order valence-corrected chi connectivity index (χ2v) is 2.27. The third-order valence-electron chi connectivity index (χ3n) is 0.938. The molecule has 0 bridgehead atoms. The molecule has 0 saturated heterocycles. The van der Waals surface area contributed by atoms with Crippen LogP contribution in [0.15, 0.2) is 12.2 Å². The molecule has 0 heterocycles. The van der Waals surface area contributed by atoms with Crippen LogP contribution in [-0.2, 0) is 9.53 Å². The van der Waals surface area contributed by atoms with E-state index in [-0.39, 0.29) is 18.8 Å². The highest BCUT2D eigenvalue weighted by Gasteiger charge is 2.03. The summed E-state index contributed by atoms with van der Waals surface area (Å²) in [6.45, 7) is 4.89.